The number of nitrogens with zero attached hydrogens (tertiary/aromatic N) is 6. The molecule has 18 heavy (non-hydrogen) atoms. The van der Waals surface area contributed by atoms with Gasteiger partial charge in [0.1, 0.15) is 24.3 Å². The van der Waals surface area contributed by atoms with Gasteiger partial charge < -0.3 is 9.88 Å². The Balaban J connectivity index is 1.90. The minimum atomic E-state index is 0.323. The molecule has 2 aromatic rings. The van der Waals surface area contributed by atoms with E-state index in [4.69, 9.17) is 0 Å². The van der Waals surface area contributed by atoms with Gasteiger partial charge in [0.15, 0.2) is 0 Å². The van der Waals surface area contributed by atoms with Crippen molar-refractivity contribution in [3.63, 3.8) is 0 Å². The van der Waals surface area contributed by atoms with E-state index in [9.17, 15) is 0 Å². The van der Waals surface area contributed by atoms with Crippen molar-refractivity contribution in [1.29, 1.82) is 0 Å². The third-order valence-electron chi connectivity index (χ3n) is 2.74. The molecule has 7 heteroatoms. The van der Waals surface area contributed by atoms with Crippen molar-refractivity contribution >= 4 is 0 Å². The van der Waals surface area contributed by atoms with Crippen LogP contribution in [0.1, 0.15) is 38.5 Å². The number of nitrogens with one attached hydrogen (secondary N) is 1. The van der Waals surface area contributed by atoms with E-state index in [1.807, 2.05) is 9.25 Å². The van der Waals surface area contributed by atoms with Gasteiger partial charge in [0.25, 0.3) is 0 Å². The van der Waals surface area contributed by atoms with Gasteiger partial charge >= 0.3 is 0 Å². The number of hydrogen-bond acceptors (Lipinski definition) is 5. The van der Waals surface area contributed by atoms with Crippen molar-refractivity contribution < 1.29 is 0 Å². The lowest BCUT2D eigenvalue weighted by atomic mass is 10.4. The topological polar surface area (TPSA) is 73.5 Å². The largest absolute Gasteiger partial charge is 0.317 e. The first-order chi connectivity index (χ1) is 8.72. The second kappa shape index (κ2) is 5.72. The van der Waals surface area contributed by atoms with E-state index in [1.165, 1.54) is 0 Å². The smallest absolute Gasteiger partial charge is 0.146 e. The monoisotopic (exact) mass is 249 g/mol. The third kappa shape index (κ3) is 2.73. The Morgan fingerprint density at radius 3 is 2.78 bits per heavy atom. The van der Waals surface area contributed by atoms with Crippen LogP contribution in [0.2, 0.25) is 0 Å². The Labute approximate surface area is 106 Å². The van der Waals surface area contributed by atoms with E-state index >= 15 is 0 Å². The lowest BCUT2D eigenvalue weighted by Gasteiger charge is -2.10. The van der Waals surface area contributed by atoms with Crippen LogP contribution in [0.4, 0.5) is 0 Å². The average Bonchev–Trinajstić information content (AvgIpc) is 2.97. The first kappa shape index (κ1) is 12.7. The summed E-state index contributed by atoms with van der Waals surface area (Å²) in [5.41, 5.74) is 0. The number of aromatic nitrogens is 6. The fourth-order valence-electron chi connectivity index (χ4n) is 1.80. The lowest BCUT2D eigenvalue weighted by molar-refractivity contribution is 0.486. The lowest BCUT2D eigenvalue weighted by Crippen LogP contribution is -2.20. The molecule has 98 valence electrons. The molecule has 0 atom stereocenters. The fourth-order valence-corrected chi connectivity index (χ4v) is 1.80. The molecule has 0 amide bonds. The van der Waals surface area contributed by atoms with Crippen LogP contribution in [-0.2, 0) is 19.6 Å². The molecule has 0 aliphatic rings. The molecule has 0 fully saturated rings. The summed E-state index contributed by atoms with van der Waals surface area (Å²) in [6.45, 7) is 8.49. The molecule has 0 unspecified atom stereocenters. The van der Waals surface area contributed by atoms with Gasteiger partial charge in [0, 0.05) is 12.6 Å². The first-order valence-corrected chi connectivity index (χ1v) is 6.18. The Hall–Kier alpha value is -1.76. The highest BCUT2D eigenvalue weighted by atomic mass is 15.4. The maximum atomic E-state index is 4.25. The van der Waals surface area contributed by atoms with Crippen LogP contribution >= 0.6 is 0 Å². The summed E-state index contributed by atoms with van der Waals surface area (Å²) in [6.07, 6.45) is 3.33. The maximum Gasteiger partial charge on any atom is 0.146 e. The number of rotatable bonds is 6. The summed E-state index contributed by atoms with van der Waals surface area (Å²) in [5.74, 6) is 1.88. The SMILES string of the molecule is CCn1cnnc1CNCc1ncnn1C(C)C. The Bertz CT molecular complexity index is 485. The van der Waals surface area contributed by atoms with Gasteiger partial charge in [-0.1, -0.05) is 0 Å². The highest BCUT2D eigenvalue weighted by Gasteiger charge is 2.08. The molecular formula is C11H19N7. The maximum absolute atomic E-state index is 4.25. The highest BCUT2D eigenvalue weighted by Crippen LogP contribution is 2.04. The van der Waals surface area contributed by atoms with Gasteiger partial charge in [-0.3, -0.25) is 0 Å². The zero-order valence-corrected chi connectivity index (χ0v) is 11.0. The van der Waals surface area contributed by atoms with Crippen molar-refractivity contribution in [3.05, 3.63) is 24.3 Å². The average molecular weight is 249 g/mol. The molecule has 0 radical (unpaired) electrons. The van der Waals surface area contributed by atoms with Gasteiger partial charge in [-0.25, -0.2) is 9.67 Å². The molecule has 7 nitrogen and oxygen atoms in total. The van der Waals surface area contributed by atoms with Crippen LogP contribution in [0.15, 0.2) is 12.7 Å². The molecule has 1 N–H and O–H groups in total. The predicted molar refractivity (Wildman–Crippen MR) is 66.6 cm³/mol. The highest BCUT2D eigenvalue weighted by molar-refractivity contribution is 4.89. The molecule has 2 rings (SSSR count). The molecule has 0 bridgehead atoms. The van der Waals surface area contributed by atoms with E-state index in [2.05, 4.69) is 46.4 Å². The molecule has 0 saturated carbocycles. The van der Waals surface area contributed by atoms with Crippen LogP contribution in [0.5, 0.6) is 0 Å². The van der Waals surface area contributed by atoms with E-state index in [0.29, 0.717) is 19.1 Å². The first-order valence-electron chi connectivity index (χ1n) is 6.18. The van der Waals surface area contributed by atoms with Crippen LogP contribution in [0.3, 0.4) is 0 Å². The molecule has 0 spiro atoms. The standard InChI is InChI=1S/C11H19N7/c1-4-17-8-14-16-11(17)6-12-5-10-13-7-15-18(10)9(2)3/h7-9,12H,4-6H2,1-3H3. The second-order valence-corrected chi connectivity index (χ2v) is 4.35. The van der Waals surface area contributed by atoms with Crippen LogP contribution in [0, 0.1) is 0 Å². The minimum absolute atomic E-state index is 0.323. The Morgan fingerprint density at radius 2 is 2.06 bits per heavy atom. The third-order valence-corrected chi connectivity index (χ3v) is 2.74. The van der Waals surface area contributed by atoms with Crippen molar-refractivity contribution in [3.8, 4) is 0 Å². The van der Waals surface area contributed by atoms with Gasteiger partial charge in [-0.15, -0.1) is 10.2 Å². The van der Waals surface area contributed by atoms with Gasteiger partial charge in [-0.2, -0.15) is 5.10 Å². The molecule has 2 heterocycles. The molecule has 0 aliphatic heterocycles. The predicted octanol–water partition coefficient (Wildman–Crippen LogP) is 0.760. The molecule has 0 saturated heterocycles. The quantitative estimate of drug-likeness (QED) is 0.818. The van der Waals surface area contributed by atoms with E-state index in [1.54, 1.807) is 12.7 Å². The van der Waals surface area contributed by atoms with Crippen LogP contribution < -0.4 is 5.32 Å². The molecule has 0 aliphatic carbocycles. The Kier molecular flexibility index (Phi) is 4.03. The van der Waals surface area contributed by atoms with Crippen molar-refractivity contribution in [2.75, 3.05) is 0 Å². The molecular weight excluding hydrogens is 230 g/mol. The summed E-state index contributed by atoms with van der Waals surface area (Å²) < 4.78 is 3.93. The summed E-state index contributed by atoms with van der Waals surface area (Å²) >= 11 is 0. The molecule has 2 aromatic heterocycles. The zero-order valence-electron chi connectivity index (χ0n) is 11.0. The summed E-state index contributed by atoms with van der Waals surface area (Å²) in [6, 6.07) is 0.323. The summed E-state index contributed by atoms with van der Waals surface area (Å²) in [5, 5.41) is 15.5. The number of hydrogen-bond donors (Lipinski definition) is 1. The van der Waals surface area contributed by atoms with Crippen LogP contribution in [-0.4, -0.2) is 29.5 Å². The van der Waals surface area contributed by atoms with Crippen LogP contribution in [0.25, 0.3) is 0 Å². The Morgan fingerprint density at radius 1 is 1.28 bits per heavy atom. The van der Waals surface area contributed by atoms with Crippen molar-refractivity contribution in [2.24, 2.45) is 0 Å². The molecule has 0 aromatic carbocycles. The summed E-state index contributed by atoms with van der Waals surface area (Å²) in [7, 11) is 0. The van der Waals surface area contributed by atoms with E-state index in [0.717, 1.165) is 18.2 Å². The summed E-state index contributed by atoms with van der Waals surface area (Å²) in [4.78, 5) is 4.25. The minimum Gasteiger partial charge on any atom is -0.317 e. The van der Waals surface area contributed by atoms with Gasteiger partial charge in [-0.05, 0) is 20.8 Å². The van der Waals surface area contributed by atoms with E-state index in [-0.39, 0.29) is 0 Å². The second-order valence-electron chi connectivity index (χ2n) is 4.35. The van der Waals surface area contributed by atoms with Crippen molar-refractivity contribution in [2.45, 2.75) is 46.4 Å². The van der Waals surface area contributed by atoms with E-state index < -0.39 is 0 Å². The fraction of sp³-hybridized carbons (Fsp3) is 0.636. The number of aryl methyl sites for hydroxylation is 1. The van der Waals surface area contributed by atoms with Gasteiger partial charge in [0.2, 0.25) is 0 Å². The van der Waals surface area contributed by atoms with Gasteiger partial charge in [0.05, 0.1) is 13.1 Å². The normalized spacial score (nSPS) is 11.3. The zero-order chi connectivity index (χ0) is 13.0. The van der Waals surface area contributed by atoms with Crippen molar-refractivity contribution in [1.82, 2.24) is 34.8 Å².